The van der Waals surface area contributed by atoms with E-state index < -0.39 is 45.4 Å². The number of nitro groups is 1. The molecule has 0 spiro atoms. The van der Waals surface area contributed by atoms with Crippen molar-refractivity contribution in [2.45, 2.75) is 16.3 Å². The van der Waals surface area contributed by atoms with E-state index in [9.17, 15) is 29.6 Å². The Labute approximate surface area is 160 Å². The Hall–Kier alpha value is -2.57. The smallest absolute Gasteiger partial charge is 0.352 e. The zero-order valence-electron chi connectivity index (χ0n) is 13.5. The minimum absolute atomic E-state index is 0.0988. The van der Waals surface area contributed by atoms with E-state index in [1.807, 2.05) is 0 Å². The quantitative estimate of drug-likeness (QED) is 0.266. The van der Waals surface area contributed by atoms with E-state index in [1.54, 1.807) is 0 Å². The number of carboxylic acids is 2. The topological polar surface area (TPSA) is 164 Å². The summed E-state index contributed by atoms with van der Waals surface area (Å²) in [5.74, 6) is -2.54. The lowest BCUT2D eigenvalue weighted by molar-refractivity contribution is -0.385. The number of aliphatic carboxylic acids is 1. The van der Waals surface area contributed by atoms with Crippen LogP contribution < -0.4 is 5.73 Å². The molecule has 142 valence electrons. The summed E-state index contributed by atoms with van der Waals surface area (Å²) in [6.07, 6.45) is 0. The first-order valence-electron chi connectivity index (χ1n) is 7.52. The number of amides is 1. The highest BCUT2D eigenvalue weighted by Gasteiger charge is 2.51. The van der Waals surface area contributed by atoms with Crippen molar-refractivity contribution in [3.63, 3.8) is 0 Å². The highest BCUT2D eigenvalue weighted by molar-refractivity contribution is 8.01. The average Bonchev–Trinajstić information content (AvgIpc) is 2.64. The van der Waals surface area contributed by atoms with Gasteiger partial charge in [0.05, 0.1) is 4.92 Å². The number of aromatic carboxylic acids is 1. The number of nitrogens with two attached hydrogens (primary N) is 1. The summed E-state index contributed by atoms with van der Waals surface area (Å²) in [6.45, 7) is 0. The number of benzene rings is 1. The molecule has 4 N–H and O–H groups in total. The van der Waals surface area contributed by atoms with Gasteiger partial charge in [-0.25, -0.2) is 9.59 Å². The molecule has 1 amide bonds. The number of thioether (sulfide) groups is 2. The van der Waals surface area contributed by atoms with Gasteiger partial charge in [0.1, 0.15) is 22.7 Å². The lowest BCUT2D eigenvalue weighted by Crippen LogP contribution is -2.68. The van der Waals surface area contributed by atoms with Crippen molar-refractivity contribution in [2.75, 3.05) is 11.5 Å². The van der Waals surface area contributed by atoms with Crippen LogP contribution in [0.15, 0.2) is 34.4 Å². The fourth-order valence-electron chi connectivity index (χ4n) is 2.80. The molecule has 2 aliphatic heterocycles. The Morgan fingerprint density at radius 3 is 2.67 bits per heavy atom. The third kappa shape index (κ3) is 3.38. The third-order valence-electron chi connectivity index (χ3n) is 4.10. The van der Waals surface area contributed by atoms with Crippen LogP contribution in [0.1, 0.15) is 10.4 Å². The van der Waals surface area contributed by atoms with Gasteiger partial charge in [-0.1, -0.05) is 0 Å². The van der Waals surface area contributed by atoms with Gasteiger partial charge in [-0.2, -0.15) is 0 Å². The van der Waals surface area contributed by atoms with Crippen molar-refractivity contribution in [1.82, 2.24) is 4.90 Å². The van der Waals surface area contributed by atoms with Crippen LogP contribution in [0.3, 0.4) is 0 Å². The number of rotatable bonds is 6. The van der Waals surface area contributed by atoms with E-state index in [2.05, 4.69) is 0 Å². The zero-order chi connectivity index (χ0) is 19.9. The van der Waals surface area contributed by atoms with Gasteiger partial charge in [-0.3, -0.25) is 19.8 Å². The van der Waals surface area contributed by atoms with Crippen LogP contribution >= 0.6 is 23.5 Å². The standard InChI is InChI=1S/C15H13N3O7S2/c16-10-12(19)17-11(15(22)23)6(5-27-13(10)17)4-26-7-1-2-9(18(24)25)8(3-7)14(20)21/h1-3,10,13H,4-5,16H2,(H,20,21)(H,22,23)/t10?,13-/m1/s1. The molecule has 3 rings (SSSR count). The van der Waals surface area contributed by atoms with E-state index in [0.29, 0.717) is 16.2 Å². The Morgan fingerprint density at radius 2 is 2.07 bits per heavy atom. The second kappa shape index (κ2) is 7.21. The van der Waals surface area contributed by atoms with Crippen LogP contribution in [0.25, 0.3) is 0 Å². The number of carboxylic acid groups (broad SMARTS) is 2. The zero-order valence-corrected chi connectivity index (χ0v) is 15.2. The molecule has 10 nitrogen and oxygen atoms in total. The summed E-state index contributed by atoms with van der Waals surface area (Å²) in [5, 5.41) is 29.1. The minimum atomic E-state index is -1.43. The highest BCUT2D eigenvalue weighted by atomic mass is 32.2. The van der Waals surface area contributed by atoms with Gasteiger partial charge >= 0.3 is 11.9 Å². The molecule has 1 fully saturated rings. The number of hydrogen-bond donors (Lipinski definition) is 3. The SMILES string of the molecule is NC1C(=O)N2C(C(=O)O)=C(CSc3ccc([N+](=O)[O-])c(C(=O)O)c3)CS[C@H]12. The van der Waals surface area contributed by atoms with Crippen molar-refractivity contribution in [3.05, 3.63) is 45.1 Å². The van der Waals surface area contributed by atoms with E-state index >= 15 is 0 Å². The fourth-order valence-corrected chi connectivity index (χ4v) is 5.16. The van der Waals surface area contributed by atoms with Gasteiger partial charge in [0, 0.05) is 22.5 Å². The van der Waals surface area contributed by atoms with Crippen molar-refractivity contribution in [2.24, 2.45) is 5.73 Å². The normalized spacial score (nSPS) is 21.5. The number of nitrogens with zero attached hydrogens (tertiary/aromatic N) is 2. The van der Waals surface area contributed by atoms with E-state index in [1.165, 1.54) is 28.8 Å². The predicted molar refractivity (Wildman–Crippen MR) is 96.5 cm³/mol. The molecule has 2 aliphatic rings. The average molecular weight is 411 g/mol. The summed E-state index contributed by atoms with van der Waals surface area (Å²) in [7, 11) is 0. The summed E-state index contributed by atoms with van der Waals surface area (Å²) >= 11 is 2.51. The fraction of sp³-hybridized carbons (Fsp3) is 0.267. The second-order valence-electron chi connectivity index (χ2n) is 5.72. The maximum absolute atomic E-state index is 11.9. The monoisotopic (exact) mass is 411 g/mol. The van der Waals surface area contributed by atoms with Crippen LogP contribution in [0, 0.1) is 10.1 Å². The molecule has 27 heavy (non-hydrogen) atoms. The van der Waals surface area contributed by atoms with Gasteiger partial charge in [0.25, 0.3) is 5.69 Å². The van der Waals surface area contributed by atoms with Gasteiger partial charge < -0.3 is 15.9 Å². The third-order valence-corrected chi connectivity index (χ3v) is 6.54. The number of carbonyl (C=O) groups is 3. The Bertz CT molecular complexity index is 901. The largest absolute Gasteiger partial charge is 0.477 e. The molecule has 1 aromatic rings. The maximum atomic E-state index is 11.9. The number of hydrogen-bond acceptors (Lipinski definition) is 8. The molecule has 2 heterocycles. The summed E-state index contributed by atoms with van der Waals surface area (Å²) < 4.78 is 0. The van der Waals surface area contributed by atoms with Crippen LogP contribution in [0.2, 0.25) is 0 Å². The molecule has 12 heteroatoms. The molecule has 0 aromatic heterocycles. The van der Waals surface area contributed by atoms with E-state index in [4.69, 9.17) is 10.8 Å². The summed E-state index contributed by atoms with van der Waals surface area (Å²) in [4.78, 5) is 46.5. The van der Waals surface area contributed by atoms with Crippen molar-refractivity contribution in [3.8, 4) is 0 Å². The number of β-lactam (4-membered cyclic amide) rings is 1. The maximum Gasteiger partial charge on any atom is 0.352 e. The first-order valence-corrected chi connectivity index (χ1v) is 9.56. The lowest BCUT2D eigenvalue weighted by Gasteiger charge is -2.48. The van der Waals surface area contributed by atoms with Crippen molar-refractivity contribution in [1.29, 1.82) is 0 Å². The lowest BCUT2D eigenvalue weighted by atomic mass is 10.0. The second-order valence-corrected chi connectivity index (χ2v) is 7.88. The van der Waals surface area contributed by atoms with Crippen LogP contribution in [-0.4, -0.2) is 60.8 Å². The van der Waals surface area contributed by atoms with Gasteiger partial charge in [-0.05, 0) is 17.7 Å². The van der Waals surface area contributed by atoms with E-state index in [-0.39, 0.29) is 11.4 Å². The molecular weight excluding hydrogens is 398 g/mol. The molecule has 1 saturated heterocycles. The summed E-state index contributed by atoms with van der Waals surface area (Å²) in [5.41, 5.74) is 5.13. The molecule has 0 bridgehead atoms. The molecule has 0 radical (unpaired) electrons. The molecule has 2 atom stereocenters. The van der Waals surface area contributed by atoms with Crippen LogP contribution in [0.5, 0.6) is 0 Å². The highest BCUT2D eigenvalue weighted by Crippen LogP contribution is 2.41. The first kappa shape index (κ1) is 19.2. The number of nitro benzene ring substituents is 1. The van der Waals surface area contributed by atoms with Crippen molar-refractivity contribution >= 4 is 47.1 Å². The van der Waals surface area contributed by atoms with Gasteiger partial charge in [0.15, 0.2) is 0 Å². The summed E-state index contributed by atoms with van der Waals surface area (Å²) in [6, 6.07) is 2.96. The van der Waals surface area contributed by atoms with E-state index in [0.717, 1.165) is 17.8 Å². The van der Waals surface area contributed by atoms with Crippen molar-refractivity contribution < 1.29 is 29.5 Å². The van der Waals surface area contributed by atoms with Crippen LogP contribution in [0.4, 0.5) is 5.69 Å². The Kier molecular flexibility index (Phi) is 5.13. The Morgan fingerprint density at radius 1 is 1.37 bits per heavy atom. The molecule has 0 aliphatic carbocycles. The Balaban J connectivity index is 1.84. The molecule has 0 saturated carbocycles. The molecule has 1 aromatic carbocycles. The van der Waals surface area contributed by atoms with Gasteiger partial charge in [-0.15, -0.1) is 23.5 Å². The predicted octanol–water partition coefficient (Wildman–Crippen LogP) is 0.966. The van der Waals surface area contributed by atoms with Gasteiger partial charge in [0.2, 0.25) is 5.91 Å². The molecular formula is C15H13N3O7S2. The molecule has 1 unspecified atom stereocenters. The first-order chi connectivity index (χ1) is 12.7. The minimum Gasteiger partial charge on any atom is -0.477 e. The number of fused-ring (bicyclic) bond motifs is 1. The van der Waals surface area contributed by atoms with Crippen LogP contribution in [-0.2, 0) is 9.59 Å². The number of carbonyl (C=O) groups excluding carboxylic acids is 1.